The summed E-state index contributed by atoms with van der Waals surface area (Å²) in [6.07, 6.45) is 0. The van der Waals surface area contributed by atoms with Crippen LogP contribution in [0.3, 0.4) is 0 Å². The summed E-state index contributed by atoms with van der Waals surface area (Å²) in [6.45, 7) is 0. The summed E-state index contributed by atoms with van der Waals surface area (Å²) < 4.78 is 2.28. The van der Waals surface area contributed by atoms with Gasteiger partial charge in [0, 0.05) is 44.0 Å². The van der Waals surface area contributed by atoms with E-state index in [0.29, 0.717) is 0 Å². The Bertz CT molecular complexity index is 991. The minimum Gasteiger partial charge on any atom is -0.377 e. The minimum absolute atomic E-state index is 0.998. The SMILES string of the molecule is CN(C)c1ccc2nc3ccccc3[n+](-c3ccccc3)c2c1. The number of para-hydroxylation sites is 3. The maximum atomic E-state index is 4.82. The zero-order valence-electron chi connectivity index (χ0n) is 13.3. The van der Waals surface area contributed by atoms with E-state index in [9.17, 15) is 0 Å². The van der Waals surface area contributed by atoms with Gasteiger partial charge >= 0.3 is 0 Å². The van der Waals surface area contributed by atoms with Crippen molar-refractivity contribution in [1.29, 1.82) is 0 Å². The van der Waals surface area contributed by atoms with Gasteiger partial charge in [0.15, 0.2) is 0 Å². The van der Waals surface area contributed by atoms with Gasteiger partial charge in [0.05, 0.1) is 0 Å². The number of rotatable bonds is 2. The van der Waals surface area contributed by atoms with Crippen molar-refractivity contribution in [3.8, 4) is 5.69 Å². The lowest BCUT2D eigenvalue weighted by molar-refractivity contribution is -0.538. The zero-order valence-corrected chi connectivity index (χ0v) is 13.3. The van der Waals surface area contributed by atoms with Crippen molar-refractivity contribution in [2.45, 2.75) is 0 Å². The van der Waals surface area contributed by atoms with Gasteiger partial charge in [-0.3, -0.25) is 0 Å². The highest BCUT2D eigenvalue weighted by atomic mass is 15.1. The lowest BCUT2D eigenvalue weighted by atomic mass is 10.2. The third-order valence-electron chi connectivity index (χ3n) is 4.09. The second-order valence-corrected chi connectivity index (χ2v) is 5.84. The summed E-state index contributed by atoms with van der Waals surface area (Å²) in [5.41, 5.74) is 6.54. The van der Waals surface area contributed by atoms with Crippen molar-refractivity contribution in [2.75, 3.05) is 19.0 Å². The van der Waals surface area contributed by atoms with Crippen LogP contribution in [0, 0.1) is 0 Å². The molecule has 1 aromatic heterocycles. The fraction of sp³-hybridized carbons (Fsp3) is 0.100. The fourth-order valence-electron chi connectivity index (χ4n) is 2.93. The molecule has 0 saturated heterocycles. The third-order valence-corrected chi connectivity index (χ3v) is 4.09. The average molecular weight is 300 g/mol. The zero-order chi connectivity index (χ0) is 15.8. The number of benzene rings is 3. The van der Waals surface area contributed by atoms with E-state index in [0.717, 1.165) is 27.8 Å². The van der Waals surface area contributed by atoms with Crippen LogP contribution in [0.4, 0.5) is 5.69 Å². The molecule has 0 N–H and O–H groups in total. The second kappa shape index (κ2) is 5.36. The summed E-state index contributed by atoms with van der Waals surface area (Å²) >= 11 is 0. The normalized spacial score (nSPS) is 11.0. The maximum absolute atomic E-state index is 4.82. The van der Waals surface area contributed by atoms with Crippen LogP contribution in [-0.4, -0.2) is 19.1 Å². The average Bonchev–Trinajstić information content (AvgIpc) is 2.59. The van der Waals surface area contributed by atoms with Crippen LogP contribution in [0.15, 0.2) is 72.8 Å². The van der Waals surface area contributed by atoms with Gasteiger partial charge in [-0.2, -0.15) is 0 Å². The van der Waals surface area contributed by atoms with Gasteiger partial charge in [-0.1, -0.05) is 30.3 Å². The second-order valence-electron chi connectivity index (χ2n) is 5.84. The van der Waals surface area contributed by atoms with Crippen LogP contribution in [0.25, 0.3) is 27.8 Å². The standard InChI is InChI=1S/C20H18N3/c1-22(2)16-12-13-18-20(14-16)23(15-8-4-3-5-9-15)19-11-7-6-10-17(19)21-18/h3-14H,1-2H3/q+1. The molecule has 0 spiro atoms. The highest BCUT2D eigenvalue weighted by Crippen LogP contribution is 2.21. The van der Waals surface area contributed by atoms with Crippen LogP contribution in [0.5, 0.6) is 0 Å². The Kier molecular flexibility index (Phi) is 3.19. The van der Waals surface area contributed by atoms with E-state index >= 15 is 0 Å². The van der Waals surface area contributed by atoms with E-state index in [-0.39, 0.29) is 0 Å². The van der Waals surface area contributed by atoms with Crippen molar-refractivity contribution in [3.05, 3.63) is 72.8 Å². The molecule has 112 valence electrons. The molecule has 0 aliphatic heterocycles. The van der Waals surface area contributed by atoms with Crippen molar-refractivity contribution >= 4 is 27.8 Å². The van der Waals surface area contributed by atoms with Gasteiger partial charge in [-0.05, 0) is 18.2 Å². The van der Waals surface area contributed by atoms with Gasteiger partial charge in [0.25, 0.3) is 0 Å². The van der Waals surface area contributed by atoms with E-state index in [2.05, 4.69) is 84.2 Å². The van der Waals surface area contributed by atoms with Crippen molar-refractivity contribution in [1.82, 2.24) is 4.98 Å². The molecule has 0 bridgehead atoms. The number of nitrogens with zero attached hydrogens (tertiary/aromatic N) is 3. The van der Waals surface area contributed by atoms with Gasteiger partial charge < -0.3 is 4.90 Å². The summed E-state index contributed by atoms with van der Waals surface area (Å²) in [4.78, 5) is 6.94. The summed E-state index contributed by atoms with van der Waals surface area (Å²) in [7, 11) is 4.12. The van der Waals surface area contributed by atoms with E-state index < -0.39 is 0 Å². The molecule has 1 heterocycles. The topological polar surface area (TPSA) is 20.0 Å². The maximum Gasteiger partial charge on any atom is 0.239 e. The van der Waals surface area contributed by atoms with Crippen LogP contribution in [0.2, 0.25) is 0 Å². The van der Waals surface area contributed by atoms with Crippen LogP contribution in [-0.2, 0) is 0 Å². The van der Waals surface area contributed by atoms with Crippen LogP contribution < -0.4 is 9.47 Å². The predicted molar refractivity (Wildman–Crippen MR) is 95.1 cm³/mol. The Morgan fingerprint density at radius 2 is 1.43 bits per heavy atom. The molecular formula is C20H18N3+. The Labute approximate surface area is 135 Å². The summed E-state index contributed by atoms with van der Waals surface area (Å²) in [6, 6.07) is 25.1. The van der Waals surface area contributed by atoms with Crippen molar-refractivity contribution < 1.29 is 4.57 Å². The van der Waals surface area contributed by atoms with E-state index in [1.54, 1.807) is 0 Å². The first-order valence-electron chi connectivity index (χ1n) is 7.71. The Balaban J connectivity index is 2.17. The molecule has 3 heteroatoms. The minimum atomic E-state index is 0.998. The number of aromatic nitrogens is 2. The first kappa shape index (κ1) is 13.7. The molecule has 0 aliphatic carbocycles. The third kappa shape index (κ3) is 2.30. The van der Waals surface area contributed by atoms with Gasteiger partial charge in [0.2, 0.25) is 16.7 Å². The predicted octanol–water partition coefficient (Wildman–Crippen LogP) is 3.73. The highest BCUT2D eigenvalue weighted by Gasteiger charge is 2.19. The van der Waals surface area contributed by atoms with E-state index in [4.69, 9.17) is 4.98 Å². The number of fused-ring (bicyclic) bond motifs is 2. The van der Waals surface area contributed by atoms with Gasteiger partial charge in [-0.15, -0.1) is 4.57 Å². The summed E-state index contributed by atoms with van der Waals surface area (Å²) in [5.74, 6) is 0. The molecule has 0 radical (unpaired) electrons. The molecule has 0 amide bonds. The summed E-state index contributed by atoms with van der Waals surface area (Å²) in [5, 5.41) is 0. The molecule has 0 atom stereocenters. The Morgan fingerprint density at radius 1 is 0.739 bits per heavy atom. The molecule has 23 heavy (non-hydrogen) atoms. The number of hydrogen-bond donors (Lipinski definition) is 0. The number of hydrogen-bond acceptors (Lipinski definition) is 2. The van der Waals surface area contributed by atoms with E-state index in [1.807, 2.05) is 12.1 Å². The highest BCUT2D eigenvalue weighted by molar-refractivity contribution is 5.84. The smallest absolute Gasteiger partial charge is 0.239 e. The van der Waals surface area contributed by atoms with Crippen molar-refractivity contribution in [2.24, 2.45) is 0 Å². The molecule has 0 unspecified atom stereocenters. The van der Waals surface area contributed by atoms with Gasteiger partial charge in [0.1, 0.15) is 11.0 Å². The quantitative estimate of drug-likeness (QED) is 0.415. The van der Waals surface area contributed by atoms with Crippen LogP contribution in [0.1, 0.15) is 0 Å². The molecule has 3 aromatic carbocycles. The number of anilines is 1. The molecule has 0 fully saturated rings. The monoisotopic (exact) mass is 300 g/mol. The lowest BCUT2D eigenvalue weighted by Gasteiger charge is -2.12. The molecule has 0 saturated carbocycles. The van der Waals surface area contributed by atoms with Crippen LogP contribution >= 0.6 is 0 Å². The Morgan fingerprint density at radius 3 is 2.22 bits per heavy atom. The molecule has 0 aliphatic rings. The molecular weight excluding hydrogens is 282 g/mol. The fourth-order valence-corrected chi connectivity index (χ4v) is 2.93. The first-order valence-corrected chi connectivity index (χ1v) is 7.71. The molecule has 4 rings (SSSR count). The lowest BCUT2D eigenvalue weighted by Crippen LogP contribution is -2.33. The first-order chi connectivity index (χ1) is 11.2. The Hall–Kier alpha value is -2.94. The van der Waals surface area contributed by atoms with Crippen molar-refractivity contribution in [3.63, 3.8) is 0 Å². The van der Waals surface area contributed by atoms with Gasteiger partial charge in [-0.25, -0.2) is 4.98 Å². The largest absolute Gasteiger partial charge is 0.377 e. The molecule has 4 aromatic rings. The molecule has 3 nitrogen and oxygen atoms in total. The van der Waals surface area contributed by atoms with E-state index in [1.165, 1.54) is 5.69 Å².